The Balaban J connectivity index is 2.55. The molecule has 1 amide bonds. The summed E-state index contributed by atoms with van der Waals surface area (Å²) in [7, 11) is 0. The average Bonchev–Trinajstić information content (AvgIpc) is 2.44. The van der Waals surface area contributed by atoms with Crippen molar-refractivity contribution in [2.75, 3.05) is 17.3 Å². The van der Waals surface area contributed by atoms with E-state index < -0.39 is 6.04 Å². The first-order valence-corrected chi connectivity index (χ1v) is 8.12. The summed E-state index contributed by atoms with van der Waals surface area (Å²) in [4.78, 5) is 11.9. The topological polar surface area (TPSA) is 55.1 Å². The van der Waals surface area contributed by atoms with E-state index in [4.69, 9.17) is 5.73 Å². The lowest BCUT2D eigenvalue weighted by Gasteiger charge is -2.17. The molecule has 0 spiro atoms. The Bertz CT molecular complexity index is 392. The number of carbonyl (C=O) groups is 1. The number of anilines is 1. The highest BCUT2D eigenvalue weighted by Gasteiger charge is 2.19. The number of hydrogen-bond donors (Lipinski definition) is 2. The van der Waals surface area contributed by atoms with Crippen molar-refractivity contribution in [2.45, 2.75) is 32.7 Å². The lowest BCUT2D eigenvalue weighted by molar-refractivity contribution is -0.118. The molecular formula is C15H24N2OS. The van der Waals surface area contributed by atoms with Crippen LogP contribution in [0.4, 0.5) is 5.69 Å². The molecule has 3 nitrogen and oxygen atoms in total. The molecule has 0 fully saturated rings. The molecule has 0 aliphatic carbocycles. The molecule has 0 saturated heterocycles. The van der Waals surface area contributed by atoms with Crippen molar-refractivity contribution in [1.29, 1.82) is 0 Å². The predicted molar refractivity (Wildman–Crippen MR) is 84.6 cm³/mol. The maximum atomic E-state index is 11.9. The van der Waals surface area contributed by atoms with E-state index in [-0.39, 0.29) is 11.8 Å². The van der Waals surface area contributed by atoms with Crippen molar-refractivity contribution in [3.8, 4) is 0 Å². The molecule has 0 saturated carbocycles. The Morgan fingerprint density at radius 2 is 2.00 bits per heavy atom. The number of nitrogens with two attached hydrogens (primary N) is 1. The van der Waals surface area contributed by atoms with Crippen LogP contribution in [0.2, 0.25) is 0 Å². The summed E-state index contributed by atoms with van der Waals surface area (Å²) in [5.74, 6) is 1.21. The zero-order valence-electron chi connectivity index (χ0n) is 12.0. The van der Waals surface area contributed by atoms with Crippen molar-refractivity contribution < 1.29 is 4.79 Å². The lowest BCUT2D eigenvalue weighted by atomic mass is 9.99. The first kappa shape index (κ1) is 16.1. The summed E-state index contributed by atoms with van der Waals surface area (Å²) in [5, 5.41) is 2.87. The molecular weight excluding hydrogens is 256 g/mol. The number of benzene rings is 1. The minimum absolute atomic E-state index is 0.105. The first-order valence-electron chi connectivity index (χ1n) is 6.72. The van der Waals surface area contributed by atoms with Crippen molar-refractivity contribution in [3.05, 3.63) is 29.8 Å². The molecule has 0 aliphatic rings. The van der Waals surface area contributed by atoms with Gasteiger partial charge in [0.05, 0.1) is 6.04 Å². The summed E-state index contributed by atoms with van der Waals surface area (Å²) in [6.07, 6.45) is 4.06. The summed E-state index contributed by atoms with van der Waals surface area (Å²) >= 11 is 1.83. The predicted octanol–water partition coefficient (Wildman–Crippen LogP) is 2.90. The highest BCUT2D eigenvalue weighted by Crippen LogP contribution is 2.13. The third-order valence-electron chi connectivity index (χ3n) is 3.38. The van der Waals surface area contributed by atoms with Gasteiger partial charge in [-0.1, -0.05) is 32.4 Å². The van der Waals surface area contributed by atoms with Crippen molar-refractivity contribution in [2.24, 2.45) is 11.7 Å². The molecule has 2 unspecified atom stereocenters. The summed E-state index contributed by atoms with van der Waals surface area (Å²) in [6.45, 7) is 4.04. The van der Waals surface area contributed by atoms with E-state index in [0.29, 0.717) is 0 Å². The van der Waals surface area contributed by atoms with Gasteiger partial charge >= 0.3 is 0 Å². The third kappa shape index (κ3) is 5.25. The quantitative estimate of drug-likeness (QED) is 0.807. The normalized spacial score (nSPS) is 13.9. The van der Waals surface area contributed by atoms with Gasteiger partial charge in [0, 0.05) is 5.69 Å². The van der Waals surface area contributed by atoms with Crippen LogP contribution in [-0.4, -0.2) is 24.0 Å². The number of rotatable bonds is 7. The molecule has 0 radical (unpaired) electrons. The molecule has 2 atom stereocenters. The maximum Gasteiger partial charge on any atom is 0.241 e. The molecule has 0 heterocycles. The number of aryl methyl sites for hydroxylation is 1. The summed E-state index contributed by atoms with van der Waals surface area (Å²) in [5.41, 5.74) is 8.01. The smallest absolute Gasteiger partial charge is 0.241 e. The van der Waals surface area contributed by atoms with Crippen LogP contribution in [0.15, 0.2) is 24.3 Å². The number of carbonyl (C=O) groups excluding carboxylic acids is 1. The lowest BCUT2D eigenvalue weighted by Crippen LogP contribution is -2.40. The average molecular weight is 280 g/mol. The highest BCUT2D eigenvalue weighted by molar-refractivity contribution is 7.98. The van der Waals surface area contributed by atoms with Gasteiger partial charge in [0.15, 0.2) is 0 Å². The molecule has 0 bridgehead atoms. The molecule has 0 aromatic heterocycles. The van der Waals surface area contributed by atoms with Crippen LogP contribution in [0.3, 0.4) is 0 Å². The Morgan fingerprint density at radius 3 is 2.53 bits per heavy atom. The first-order chi connectivity index (χ1) is 9.08. The van der Waals surface area contributed by atoms with Gasteiger partial charge in [0.1, 0.15) is 0 Å². The van der Waals surface area contributed by atoms with Gasteiger partial charge in [-0.3, -0.25) is 4.79 Å². The van der Waals surface area contributed by atoms with E-state index >= 15 is 0 Å². The van der Waals surface area contributed by atoms with Crippen molar-refractivity contribution in [3.63, 3.8) is 0 Å². The van der Waals surface area contributed by atoms with Gasteiger partial charge in [0.2, 0.25) is 5.91 Å². The number of amides is 1. The largest absolute Gasteiger partial charge is 0.325 e. The van der Waals surface area contributed by atoms with Gasteiger partial charge in [-0.25, -0.2) is 0 Å². The summed E-state index contributed by atoms with van der Waals surface area (Å²) in [6, 6.07) is 7.55. The zero-order chi connectivity index (χ0) is 14.3. The van der Waals surface area contributed by atoms with E-state index in [9.17, 15) is 4.79 Å². The number of thioether (sulfide) groups is 1. The minimum atomic E-state index is -0.443. The van der Waals surface area contributed by atoms with Crippen LogP contribution in [0.25, 0.3) is 0 Å². The van der Waals surface area contributed by atoms with Crippen LogP contribution in [0.5, 0.6) is 0 Å². The van der Waals surface area contributed by atoms with Crippen LogP contribution >= 0.6 is 11.8 Å². The Labute approximate surface area is 120 Å². The van der Waals surface area contributed by atoms with Gasteiger partial charge in [0.25, 0.3) is 0 Å². The maximum absolute atomic E-state index is 11.9. The Morgan fingerprint density at radius 1 is 1.37 bits per heavy atom. The molecule has 1 rings (SSSR count). The second kappa shape index (κ2) is 8.23. The van der Waals surface area contributed by atoms with Gasteiger partial charge in [-0.2, -0.15) is 11.8 Å². The van der Waals surface area contributed by atoms with Crippen LogP contribution in [-0.2, 0) is 11.2 Å². The van der Waals surface area contributed by atoms with Crippen LogP contribution in [0.1, 0.15) is 25.8 Å². The molecule has 106 valence electrons. The monoisotopic (exact) mass is 280 g/mol. The van der Waals surface area contributed by atoms with Gasteiger partial charge < -0.3 is 11.1 Å². The minimum Gasteiger partial charge on any atom is -0.325 e. The fraction of sp³-hybridized carbons (Fsp3) is 0.533. The SMILES string of the molecule is CCC(C)C(N)C(=O)Nc1ccc(CCSC)cc1. The van der Waals surface area contributed by atoms with Crippen molar-refractivity contribution >= 4 is 23.4 Å². The zero-order valence-corrected chi connectivity index (χ0v) is 12.8. The van der Waals surface area contributed by atoms with E-state index in [0.717, 1.165) is 24.3 Å². The van der Waals surface area contributed by atoms with E-state index in [1.54, 1.807) is 0 Å². The number of nitrogens with one attached hydrogen (secondary N) is 1. The second-order valence-electron chi connectivity index (χ2n) is 4.84. The molecule has 4 heteroatoms. The highest BCUT2D eigenvalue weighted by atomic mass is 32.2. The Kier molecular flexibility index (Phi) is 6.95. The second-order valence-corrected chi connectivity index (χ2v) is 5.83. The third-order valence-corrected chi connectivity index (χ3v) is 3.99. The van der Waals surface area contributed by atoms with Gasteiger partial charge in [-0.15, -0.1) is 0 Å². The van der Waals surface area contributed by atoms with Crippen molar-refractivity contribution in [1.82, 2.24) is 0 Å². The fourth-order valence-electron chi connectivity index (χ4n) is 1.71. The number of hydrogen-bond acceptors (Lipinski definition) is 3. The van der Waals surface area contributed by atoms with E-state index in [1.165, 1.54) is 5.56 Å². The summed E-state index contributed by atoms with van der Waals surface area (Å²) < 4.78 is 0. The molecule has 1 aromatic rings. The van der Waals surface area contributed by atoms with Crippen LogP contribution < -0.4 is 11.1 Å². The van der Waals surface area contributed by atoms with Crippen LogP contribution in [0, 0.1) is 5.92 Å². The molecule has 19 heavy (non-hydrogen) atoms. The molecule has 0 aliphatic heterocycles. The van der Waals surface area contributed by atoms with E-state index in [2.05, 4.69) is 23.7 Å². The van der Waals surface area contributed by atoms with E-state index in [1.807, 2.05) is 37.7 Å². The van der Waals surface area contributed by atoms with Gasteiger partial charge in [-0.05, 0) is 42.0 Å². The molecule has 1 aromatic carbocycles. The Hall–Kier alpha value is -1.00. The fourth-order valence-corrected chi connectivity index (χ4v) is 2.15. The standard InChI is InChI=1S/C15H24N2OS/c1-4-11(2)14(16)15(18)17-13-7-5-12(6-8-13)9-10-19-3/h5-8,11,14H,4,9-10,16H2,1-3H3,(H,17,18). The molecule has 3 N–H and O–H groups in total.